The van der Waals surface area contributed by atoms with Crippen molar-refractivity contribution in [1.29, 1.82) is 0 Å². The number of nitrogens with two attached hydrogens (primary N) is 1. The molecule has 1 fully saturated rings. The smallest absolute Gasteiger partial charge is 0.0753 e. The van der Waals surface area contributed by atoms with Gasteiger partial charge in [0.05, 0.1) is 6.10 Å². The molecule has 2 atom stereocenters. The van der Waals surface area contributed by atoms with Gasteiger partial charge in [0.15, 0.2) is 0 Å². The highest BCUT2D eigenvalue weighted by atomic mass is 16.5. The molecule has 0 bridgehead atoms. The Bertz CT molecular complexity index is 123. The molecular weight excluding hydrogens is 150 g/mol. The molecule has 12 heavy (non-hydrogen) atoms. The zero-order valence-electron chi connectivity index (χ0n) is 8.25. The van der Waals surface area contributed by atoms with Crippen LogP contribution in [-0.2, 0) is 4.74 Å². The van der Waals surface area contributed by atoms with Crippen LogP contribution in [0.5, 0.6) is 0 Å². The van der Waals surface area contributed by atoms with Crippen molar-refractivity contribution in [2.24, 2.45) is 11.7 Å². The largest absolute Gasteiger partial charge is 0.377 e. The van der Waals surface area contributed by atoms with Crippen LogP contribution in [0.1, 0.15) is 39.5 Å². The molecule has 1 unspecified atom stereocenters. The van der Waals surface area contributed by atoms with Gasteiger partial charge in [0.1, 0.15) is 0 Å². The van der Waals surface area contributed by atoms with Crippen LogP contribution in [0.15, 0.2) is 0 Å². The third-order valence-electron chi connectivity index (χ3n) is 2.49. The summed E-state index contributed by atoms with van der Waals surface area (Å²) in [5.41, 5.74) is 6.03. The van der Waals surface area contributed by atoms with Crippen molar-refractivity contribution in [2.45, 2.75) is 51.7 Å². The topological polar surface area (TPSA) is 35.2 Å². The Labute approximate surface area is 75.5 Å². The van der Waals surface area contributed by atoms with Crippen LogP contribution in [0.2, 0.25) is 0 Å². The van der Waals surface area contributed by atoms with E-state index in [1.807, 2.05) is 6.92 Å². The second-order valence-electron chi connectivity index (χ2n) is 3.71. The Morgan fingerprint density at radius 2 is 2.08 bits per heavy atom. The van der Waals surface area contributed by atoms with Gasteiger partial charge in [-0.3, -0.25) is 0 Å². The number of ether oxygens (including phenoxy) is 1. The Hall–Kier alpha value is -0.0800. The first-order valence-corrected chi connectivity index (χ1v) is 5.16. The molecule has 0 saturated heterocycles. The van der Waals surface area contributed by atoms with Crippen molar-refractivity contribution in [3.8, 4) is 0 Å². The summed E-state index contributed by atoms with van der Waals surface area (Å²) >= 11 is 0. The second kappa shape index (κ2) is 4.83. The van der Waals surface area contributed by atoms with Gasteiger partial charge in [0, 0.05) is 12.6 Å². The van der Waals surface area contributed by atoms with E-state index in [2.05, 4.69) is 6.92 Å². The maximum Gasteiger partial charge on any atom is 0.0753 e. The van der Waals surface area contributed by atoms with Crippen LogP contribution in [0.4, 0.5) is 0 Å². The van der Waals surface area contributed by atoms with Gasteiger partial charge in [-0.1, -0.05) is 13.3 Å². The van der Waals surface area contributed by atoms with Gasteiger partial charge in [0.25, 0.3) is 0 Å². The predicted molar refractivity (Wildman–Crippen MR) is 51.0 cm³/mol. The minimum atomic E-state index is 0.266. The Morgan fingerprint density at radius 1 is 1.42 bits per heavy atom. The van der Waals surface area contributed by atoms with E-state index in [9.17, 15) is 0 Å². The molecule has 2 nitrogen and oxygen atoms in total. The molecule has 0 heterocycles. The van der Waals surface area contributed by atoms with Gasteiger partial charge in [-0.15, -0.1) is 0 Å². The lowest BCUT2D eigenvalue weighted by Crippen LogP contribution is -2.38. The van der Waals surface area contributed by atoms with Crippen molar-refractivity contribution < 1.29 is 4.74 Å². The van der Waals surface area contributed by atoms with Crippen molar-refractivity contribution in [3.05, 3.63) is 0 Å². The molecule has 0 amide bonds. The highest BCUT2D eigenvalue weighted by Gasteiger charge is 2.35. The molecule has 0 aromatic heterocycles. The van der Waals surface area contributed by atoms with Gasteiger partial charge >= 0.3 is 0 Å². The molecule has 0 spiro atoms. The summed E-state index contributed by atoms with van der Waals surface area (Å²) in [5.74, 6) is 0.770. The average molecular weight is 171 g/mol. The van der Waals surface area contributed by atoms with Crippen LogP contribution < -0.4 is 5.73 Å². The average Bonchev–Trinajstić information content (AvgIpc) is 2.83. The summed E-state index contributed by atoms with van der Waals surface area (Å²) in [6, 6.07) is 0.266. The molecule has 0 aromatic carbocycles. The van der Waals surface area contributed by atoms with E-state index in [0.29, 0.717) is 6.10 Å². The van der Waals surface area contributed by atoms with Crippen molar-refractivity contribution in [2.75, 3.05) is 6.61 Å². The van der Waals surface area contributed by atoms with Gasteiger partial charge < -0.3 is 10.5 Å². The monoisotopic (exact) mass is 171 g/mol. The van der Waals surface area contributed by atoms with E-state index in [-0.39, 0.29) is 6.04 Å². The minimum absolute atomic E-state index is 0.266. The number of hydrogen-bond acceptors (Lipinski definition) is 2. The molecule has 1 rings (SSSR count). The standard InChI is InChI=1S/C10H21NO/c1-3-5-9(11)10(12-4-2)8-6-7-8/h8-10H,3-7,11H2,1-2H3/t9-,10?/m1/s1. The molecule has 72 valence electrons. The quantitative estimate of drug-likeness (QED) is 0.662. The maximum absolute atomic E-state index is 6.03. The van der Waals surface area contributed by atoms with Crippen LogP contribution in [-0.4, -0.2) is 18.8 Å². The second-order valence-corrected chi connectivity index (χ2v) is 3.71. The van der Waals surface area contributed by atoms with Crippen LogP contribution in [0.25, 0.3) is 0 Å². The first-order valence-electron chi connectivity index (χ1n) is 5.16. The number of hydrogen-bond donors (Lipinski definition) is 1. The molecule has 2 heteroatoms. The van der Waals surface area contributed by atoms with Gasteiger partial charge in [-0.25, -0.2) is 0 Å². The Morgan fingerprint density at radius 3 is 2.50 bits per heavy atom. The molecule has 0 radical (unpaired) electrons. The van der Waals surface area contributed by atoms with Gasteiger partial charge in [-0.05, 0) is 32.1 Å². The minimum Gasteiger partial charge on any atom is -0.377 e. The SMILES string of the molecule is CCC[C@@H](N)C(OCC)C1CC1. The summed E-state index contributed by atoms with van der Waals surface area (Å²) in [6.45, 7) is 5.03. The Balaban J connectivity index is 2.29. The molecular formula is C10H21NO. The van der Waals surface area contributed by atoms with E-state index >= 15 is 0 Å². The Kier molecular flexibility index (Phi) is 4.02. The zero-order chi connectivity index (χ0) is 8.97. The molecule has 1 aliphatic carbocycles. The first-order chi connectivity index (χ1) is 5.79. The van der Waals surface area contributed by atoms with Crippen LogP contribution in [0.3, 0.4) is 0 Å². The van der Waals surface area contributed by atoms with E-state index in [1.165, 1.54) is 12.8 Å². The summed E-state index contributed by atoms with van der Waals surface area (Å²) in [6.07, 6.45) is 5.25. The summed E-state index contributed by atoms with van der Waals surface area (Å²) in [7, 11) is 0. The lowest BCUT2D eigenvalue weighted by Gasteiger charge is -2.23. The lowest BCUT2D eigenvalue weighted by atomic mass is 10.0. The lowest BCUT2D eigenvalue weighted by molar-refractivity contribution is 0.0266. The fraction of sp³-hybridized carbons (Fsp3) is 1.00. The van der Waals surface area contributed by atoms with Crippen LogP contribution in [0, 0.1) is 5.92 Å². The zero-order valence-corrected chi connectivity index (χ0v) is 8.25. The van der Waals surface area contributed by atoms with Gasteiger partial charge in [0.2, 0.25) is 0 Å². The van der Waals surface area contributed by atoms with E-state index in [0.717, 1.165) is 25.4 Å². The first kappa shape index (κ1) is 10.0. The van der Waals surface area contributed by atoms with Crippen LogP contribution >= 0.6 is 0 Å². The maximum atomic E-state index is 6.03. The van der Waals surface area contributed by atoms with Gasteiger partial charge in [-0.2, -0.15) is 0 Å². The van der Waals surface area contributed by atoms with E-state index in [4.69, 9.17) is 10.5 Å². The highest BCUT2D eigenvalue weighted by Crippen LogP contribution is 2.36. The van der Waals surface area contributed by atoms with Crippen molar-refractivity contribution >= 4 is 0 Å². The van der Waals surface area contributed by atoms with Crippen molar-refractivity contribution in [1.82, 2.24) is 0 Å². The highest BCUT2D eigenvalue weighted by molar-refractivity contribution is 4.88. The third-order valence-corrected chi connectivity index (χ3v) is 2.49. The predicted octanol–water partition coefficient (Wildman–Crippen LogP) is 1.93. The molecule has 0 aliphatic heterocycles. The van der Waals surface area contributed by atoms with E-state index in [1.54, 1.807) is 0 Å². The fourth-order valence-electron chi connectivity index (χ4n) is 1.72. The molecule has 1 aliphatic rings. The summed E-state index contributed by atoms with van der Waals surface area (Å²) < 4.78 is 5.66. The van der Waals surface area contributed by atoms with E-state index < -0.39 is 0 Å². The normalized spacial score (nSPS) is 22.2. The molecule has 2 N–H and O–H groups in total. The third kappa shape index (κ3) is 2.76. The summed E-state index contributed by atoms with van der Waals surface area (Å²) in [4.78, 5) is 0. The summed E-state index contributed by atoms with van der Waals surface area (Å²) in [5, 5.41) is 0. The fourth-order valence-corrected chi connectivity index (χ4v) is 1.72. The molecule has 1 saturated carbocycles. The van der Waals surface area contributed by atoms with Crippen molar-refractivity contribution in [3.63, 3.8) is 0 Å². The number of rotatable bonds is 6. The molecule has 0 aromatic rings.